The normalized spacial score (nSPS) is 20.3. The van der Waals surface area contributed by atoms with E-state index in [-0.39, 0.29) is 36.7 Å². The molecule has 0 amide bonds. The summed E-state index contributed by atoms with van der Waals surface area (Å²) in [7, 11) is 0. The number of aromatic nitrogens is 1. The Balaban J connectivity index is 0.000000198. The third-order valence-corrected chi connectivity index (χ3v) is 7.76. The first-order chi connectivity index (χ1) is 16.5. The Bertz CT molecular complexity index is 1260. The summed E-state index contributed by atoms with van der Waals surface area (Å²) in [5.74, 6) is 1.40. The van der Waals surface area contributed by atoms with Gasteiger partial charge in [0.25, 0.3) is 0 Å². The van der Waals surface area contributed by atoms with E-state index >= 15 is 0 Å². The van der Waals surface area contributed by atoms with E-state index in [0.717, 1.165) is 48.0 Å². The van der Waals surface area contributed by atoms with Gasteiger partial charge in [0.15, 0.2) is 5.78 Å². The number of carbonyl (C=O) groups is 1. The summed E-state index contributed by atoms with van der Waals surface area (Å²) < 4.78 is 0. The van der Waals surface area contributed by atoms with Crippen LogP contribution in [-0.4, -0.2) is 15.9 Å². The van der Waals surface area contributed by atoms with Crippen molar-refractivity contribution in [3.63, 3.8) is 0 Å². The van der Waals surface area contributed by atoms with E-state index in [4.69, 9.17) is 4.98 Å². The largest absolute Gasteiger partial charge is 0.511 e. The molecule has 2 aliphatic rings. The van der Waals surface area contributed by atoms with Gasteiger partial charge in [0.05, 0.1) is 5.52 Å². The maximum absolute atomic E-state index is 12.4. The maximum Gasteiger partial charge on any atom is 0.168 e. The number of hydrogen-bond acceptors (Lipinski definition) is 3. The van der Waals surface area contributed by atoms with Crippen LogP contribution in [0.5, 0.6) is 0 Å². The van der Waals surface area contributed by atoms with Gasteiger partial charge in [-0.2, -0.15) is 0 Å². The molecule has 1 N–H and O–H groups in total. The zero-order valence-electron chi connectivity index (χ0n) is 22.3. The Labute approximate surface area is 229 Å². The second-order valence-corrected chi connectivity index (χ2v) is 11.7. The molecule has 1 saturated carbocycles. The topological polar surface area (TPSA) is 50.2 Å². The molecule has 3 aromatic rings. The smallest absolute Gasteiger partial charge is 0.168 e. The molecular weight excluding hydrogens is 623 g/mol. The third-order valence-electron chi connectivity index (χ3n) is 7.76. The van der Waals surface area contributed by atoms with Crippen LogP contribution in [0.15, 0.2) is 65.9 Å². The summed E-state index contributed by atoms with van der Waals surface area (Å²) in [4.78, 5) is 17.1. The standard InChI is InChI=1S/C18H16N.C14H22O2.Ir/c1-13(2)15-8-10-18-16(12-15)9-11-17(19-18)14-6-4-3-5-7-14;1-13(2)7-5-9-6-8-14(3,4)12(16)10(9)11(13)15;/h3-6,8-13H,1-2H3;9,15H,5-8H2,1-4H3;/q-1;;. The van der Waals surface area contributed by atoms with E-state index < -0.39 is 0 Å². The molecule has 1 fully saturated rings. The number of fused-ring (bicyclic) bond motifs is 2. The van der Waals surface area contributed by atoms with Crippen molar-refractivity contribution in [1.82, 2.24) is 4.98 Å². The Morgan fingerprint density at radius 2 is 1.67 bits per heavy atom. The molecule has 5 rings (SSSR count). The van der Waals surface area contributed by atoms with Gasteiger partial charge in [-0.1, -0.05) is 59.7 Å². The van der Waals surface area contributed by atoms with Gasteiger partial charge in [0.1, 0.15) is 5.76 Å². The van der Waals surface area contributed by atoms with E-state index in [1.165, 1.54) is 10.9 Å². The van der Waals surface area contributed by atoms with Crippen molar-refractivity contribution in [3.8, 4) is 11.3 Å². The van der Waals surface area contributed by atoms with Crippen molar-refractivity contribution in [2.45, 2.75) is 73.1 Å². The van der Waals surface area contributed by atoms with Crippen LogP contribution in [-0.2, 0) is 24.9 Å². The Hall–Kier alpha value is -2.29. The Kier molecular flexibility index (Phi) is 8.63. The molecule has 3 nitrogen and oxygen atoms in total. The van der Waals surface area contributed by atoms with Crippen LogP contribution in [0.2, 0.25) is 0 Å². The number of nitrogens with zero attached hydrogens (tertiary/aromatic N) is 1. The number of aliphatic hydroxyl groups excluding tert-OH is 1. The van der Waals surface area contributed by atoms with Gasteiger partial charge >= 0.3 is 0 Å². The molecule has 1 atom stereocenters. The second-order valence-electron chi connectivity index (χ2n) is 11.7. The van der Waals surface area contributed by atoms with Crippen LogP contribution in [0, 0.1) is 22.8 Å². The molecule has 2 aromatic carbocycles. The van der Waals surface area contributed by atoms with Gasteiger partial charge in [-0.15, -0.1) is 35.9 Å². The molecule has 0 saturated heterocycles. The molecule has 0 spiro atoms. The molecule has 4 heteroatoms. The van der Waals surface area contributed by atoms with Gasteiger partial charge in [0.2, 0.25) is 0 Å². The van der Waals surface area contributed by atoms with Gasteiger partial charge in [-0.25, -0.2) is 0 Å². The minimum absolute atomic E-state index is 0. The van der Waals surface area contributed by atoms with Crippen LogP contribution < -0.4 is 0 Å². The van der Waals surface area contributed by atoms with Crippen LogP contribution in [0.4, 0.5) is 0 Å². The molecular formula is C32H38IrNO2-. The van der Waals surface area contributed by atoms with Crippen molar-refractivity contribution in [3.05, 3.63) is 77.6 Å². The van der Waals surface area contributed by atoms with E-state index in [1.54, 1.807) is 0 Å². The van der Waals surface area contributed by atoms with Crippen molar-refractivity contribution < 1.29 is 30.0 Å². The number of benzene rings is 2. The molecule has 1 aromatic heterocycles. The fourth-order valence-electron chi connectivity index (χ4n) is 5.16. The second kappa shape index (κ2) is 11.0. The number of rotatable bonds is 2. The predicted molar refractivity (Wildman–Crippen MR) is 144 cm³/mol. The SMILES string of the molecule is CC(C)c1ccc2nc(-c3[c-]cccc3)ccc2c1.CC1(C)CCC2CCC(C)(C)C(O)=C2C1=O.[Ir]. The number of allylic oxidation sites excluding steroid dienone is 2. The summed E-state index contributed by atoms with van der Waals surface area (Å²) >= 11 is 0. The van der Waals surface area contributed by atoms with Crippen molar-refractivity contribution >= 4 is 16.7 Å². The monoisotopic (exact) mass is 661 g/mol. The Morgan fingerprint density at radius 1 is 0.972 bits per heavy atom. The molecule has 1 radical (unpaired) electrons. The summed E-state index contributed by atoms with van der Waals surface area (Å²) in [6, 6.07) is 21.9. The van der Waals surface area contributed by atoms with Gasteiger partial charge in [-0.3, -0.25) is 9.78 Å². The zero-order chi connectivity index (χ0) is 25.4. The van der Waals surface area contributed by atoms with E-state index in [9.17, 15) is 9.90 Å². The number of carbonyl (C=O) groups excluding carboxylic acids is 1. The third kappa shape index (κ3) is 5.82. The first kappa shape index (κ1) is 28.3. The first-order valence-electron chi connectivity index (χ1n) is 12.9. The summed E-state index contributed by atoms with van der Waals surface area (Å²) in [5.41, 5.74) is 4.66. The van der Waals surface area contributed by atoms with Crippen LogP contribution in [0.25, 0.3) is 22.2 Å². The average molecular weight is 661 g/mol. The molecule has 0 bridgehead atoms. The summed E-state index contributed by atoms with van der Waals surface area (Å²) in [5, 5.41) is 11.5. The fourth-order valence-corrected chi connectivity index (χ4v) is 5.16. The van der Waals surface area contributed by atoms with Crippen molar-refractivity contribution in [2.75, 3.05) is 0 Å². The molecule has 1 unspecified atom stereocenters. The molecule has 0 aliphatic heterocycles. The Morgan fingerprint density at radius 3 is 2.31 bits per heavy atom. The number of aliphatic hydroxyl groups is 1. The first-order valence-corrected chi connectivity index (χ1v) is 12.9. The fraction of sp³-hybridized carbons (Fsp3) is 0.438. The molecule has 193 valence electrons. The summed E-state index contributed by atoms with van der Waals surface area (Å²) in [6.45, 7) is 12.5. The van der Waals surface area contributed by atoms with E-state index in [2.05, 4.69) is 50.2 Å². The van der Waals surface area contributed by atoms with Gasteiger partial charge in [0, 0.05) is 36.5 Å². The van der Waals surface area contributed by atoms with Crippen LogP contribution >= 0.6 is 0 Å². The number of hydrogen-bond donors (Lipinski definition) is 1. The molecule has 2 aliphatic carbocycles. The van der Waals surface area contributed by atoms with E-state index in [0.29, 0.717) is 17.6 Å². The minimum Gasteiger partial charge on any atom is -0.511 e. The van der Waals surface area contributed by atoms with E-state index in [1.807, 2.05) is 52.0 Å². The number of ketones is 1. The van der Waals surface area contributed by atoms with Gasteiger partial charge < -0.3 is 5.11 Å². The number of Topliss-reactive ketones (excluding diaryl/α,β-unsaturated/α-hetero) is 1. The summed E-state index contributed by atoms with van der Waals surface area (Å²) in [6.07, 6.45) is 4.04. The average Bonchev–Trinajstić information content (AvgIpc) is 2.84. The van der Waals surface area contributed by atoms with Crippen molar-refractivity contribution in [1.29, 1.82) is 0 Å². The van der Waals surface area contributed by atoms with Crippen LogP contribution in [0.1, 0.15) is 78.7 Å². The van der Waals surface area contributed by atoms with Gasteiger partial charge in [-0.05, 0) is 66.3 Å². The molecule has 1 heterocycles. The maximum atomic E-state index is 12.4. The number of pyridine rings is 1. The minimum atomic E-state index is -0.284. The zero-order valence-corrected chi connectivity index (χ0v) is 24.7. The molecule has 36 heavy (non-hydrogen) atoms. The van der Waals surface area contributed by atoms with Crippen LogP contribution in [0.3, 0.4) is 0 Å². The van der Waals surface area contributed by atoms with Crippen molar-refractivity contribution in [2.24, 2.45) is 16.7 Å². The quantitative estimate of drug-likeness (QED) is 0.281. The predicted octanol–water partition coefficient (Wildman–Crippen LogP) is 8.45.